The standard InChI is InChI=1S/C29H35N7O2/c1-6-24(37)36-18-29(19-36)10-12-35(17-29)27-22(14-30)23(16-31-28(27)38-13-7-11-33(3)4)25-20(2)8-9-21-15-32-34(5)26(21)25/h6,8-9,15-16H,1,7,10-13,17-19H2,2-5H3. The Balaban J connectivity index is 1.56. The van der Waals surface area contributed by atoms with Gasteiger partial charge in [0.2, 0.25) is 11.8 Å². The Kier molecular flexibility index (Phi) is 6.84. The number of pyridine rings is 1. The van der Waals surface area contributed by atoms with E-state index >= 15 is 0 Å². The van der Waals surface area contributed by atoms with E-state index in [0.717, 1.165) is 65.8 Å². The van der Waals surface area contributed by atoms with Gasteiger partial charge in [0.15, 0.2) is 0 Å². The largest absolute Gasteiger partial charge is 0.476 e. The molecule has 1 amide bonds. The predicted molar refractivity (Wildman–Crippen MR) is 148 cm³/mol. The summed E-state index contributed by atoms with van der Waals surface area (Å²) < 4.78 is 8.09. The number of hydrogen-bond acceptors (Lipinski definition) is 7. The van der Waals surface area contributed by atoms with Gasteiger partial charge in [-0.25, -0.2) is 4.98 Å². The van der Waals surface area contributed by atoms with Crippen LogP contribution in [0.15, 0.2) is 37.2 Å². The summed E-state index contributed by atoms with van der Waals surface area (Å²) >= 11 is 0. The molecule has 0 radical (unpaired) electrons. The first-order valence-electron chi connectivity index (χ1n) is 13.1. The number of nitrogens with zero attached hydrogens (tertiary/aromatic N) is 7. The van der Waals surface area contributed by atoms with Gasteiger partial charge in [-0.3, -0.25) is 9.48 Å². The third-order valence-corrected chi connectivity index (χ3v) is 7.79. The SMILES string of the molecule is C=CC(=O)N1CC2(CCN(c3c(OCCCN(C)C)ncc(-c4c(C)ccc5cnn(C)c45)c3C#N)C2)C1. The molecule has 0 saturated carbocycles. The van der Waals surface area contributed by atoms with Gasteiger partial charge < -0.3 is 19.4 Å². The third kappa shape index (κ3) is 4.50. The van der Waals surface area contributed by atoms with Crippen LogP contribution in [0.5, 0.6) is 5.88 Å². The molecular weight excluding hydrogens is 478 g/mol. The van der Waals surface area contributed by atoms with Gasteiger partial charge in [0.05, 0.1) is 23.9 Å². The number of aryl methyl sites for hydroxylation is 2. The average Bonchev–Trinajstić information content (AvgIpc) is 3.49. The van der Waals surface area contributed by atoms with Crippen molar-refractivity contribution < 1.29 is 9.53 Å². The van der Waals surface area contributed by atoms with Gasteiger partial charge in [0.25, 0.3) is 0 Å². The smallest absolute Gasteiger partial charge is 0.245 e. The zero-order chi connectivity index (χ0) is 27.0. The summed E-state index contributed by atoms with van der Waals surface area (Å²) in [5.41, 5.74) is 5.11. The minimum Gasteiger partial charge on any atom is -0.476 e. The number of nitriles is 1. The molecule has 2 aliphatic heterocycles. The molecule has 4 heterocycles. The second-order valence-corrected chi connectivity index (χ2v) is 10.9. The van der Waals surface area contributed by atoms with E-state index in [0.29, 0.717) is 31.1 Å². The Morgan fingerprint density at radius 3 is 2.79 bits per heavy atom. The Hall–Kier alpha value is -3.90. The number of benzene rings is 1. The average molecular weight is 514 g/mol. The number of fused-ring (bicyclic) bond motifs is 1. The molecule has 2 aliphatic rings. The summed E-state index contributed by atoms with van der Waals surface area (Å²) in [5, 5.41) is 16.0. The monoisotopic (exact) mass is 513 g/mol. The lowest BCUT2D eigenvalue weighted by atomic mass is 9.79. The van der Waals surface area contributed by atoms with E-state index in [1.165, 1.54) is 6.08 Å². The molecule has 9 nitrogen and oxygen atoms in total. The normalized spacial score (nSPS) is 16.2. The van der Waals surface area contributed by atoms with Crippen LogP contribution in [0.2, 0.25) is 0 Å². The fraction of sp³-hybridized carbons (Fsp3) is 0.448. The van der Waals surface area contributed by atoms with Crippen molar-refractivity contribution in [2.45, 2.75) is 19.8 Å². The lowest BCUT2D eigenvalue weighted by Gasteiger charge is -2.47. The number of aromatic nitrogens is 3. The first kappa shape index (κ1) is 25.7. The quantitative estimate of drug-likeness (QED) is 0.337. The van der Waals surface area contributed by atoms with Gasteiger partial charge in [-0.15, -0.1) is 0 Å². The highest BCUT2D eigenvalue weighted by Crippen LogP contribution is 2.46. The van der Waals surface area contributed by atoms with E-state index in [-0.39, 0.29) is 11.3 Å². The fourth-order valence-corrected chi connectivity index (χ4v) is 5.87. The molecule has 0 atom stereocenters. The summed E-state index contributed by atoms with van der Waals surface area (Å²) in [6.07, 6.45) is 6.80. The minimum absolute atomic E-state index is 0.0154. The number of hydrogen-bond donors (Lipinski definition) is 0. The molecule has 1 spiro atoms. The number of carbonyl (C=O) groups is 1. The van der Waals surface area contributed by atoms with Crippen LogP contribution in [-0.4, -0.2) is 83.9 Å². The van der Waals surface area contributed by atoms with Gasteiger partial charge in [0.1, 0.15) is 11.8 Å². The molecule has 0 bridgehead atoms. The summed E-state index contributed by atoms with van der Waals surface area (Å²) in [7, 11) is 6.00. The van der Waals surface area contributed by atoms with Crippen LogP contribution in [0.4, 0.5) is 5.69 Å². The molecule has 2 aromatic heterocycles. The molecule has 2 fully saturated rings. The molecule has 1 aromatic carbocycles. The van der Waals surface area contributed by atoms with Crippen molar-refractivity contribution in [1.29, 1.82) is 5.26 Å². The molecule has 0 aliphatic carbocycles. The zero-order valence-electron chi connectivity index (χ0n) is 22.7. The van der Waals surface area contributed by atoms with Gasteiger partial charge >= 0.3 is 0 Å². The molecule has 3 aromatic rings. The Morgan fingerprint density at radius 1 is 1.29 bits per heavy atom. The van der Waals surface area contributed by atoms with E-state index < -0.39 is 0 Å². The highest BCUT2D eigenvalue weighted by molar-refractivity contribution is 5.98. The van der Waals surface area contributed by atoms with Crippen molar-refractivity contribution in [3.63, 3.8) is 0 Å². The second kappa shape index (κ2) is 10.1. The van der Waals surface area contributed by atoms with Crippen molar-refractivity contribution in [1.82, 2.24) is 24.6 Å². The van der Waals surface area contributed by atoms with Crippen LogP contribution in [-0.2, 0) is 11.8 Å². The summed E-state index contributed by atoms with van der Waals surface area (Å²) in [6, 6.07) is 6.64. The number of amides is 1. The van der Waals surface area contributed by atoms with Gasteiger partial charge in [0, 0.05) is 67.9 Å². The predicted octanol–water partition coefficient (Wildman–Crippen LogP) is 3.37. The Bertz CT molecular complexity index is 1430. The molecule has 198 valence electrons. The van der Waals surface area contributed by atoms with Gasteiger partial charge in [-0.2, -0.15) is 10.4 Å². The molecule has 9 heteroatoms. The zero-order valence-corrected chi connectivity index (χ0v) is 22.7. The van der Waals surface area contributed by atoms with Crippen molar-refractivity contribution in [2.24, 2.45) is 12.5 Å². The fourth-order valence-electron chi connectivity index (χ4n) is 5.87. The summed E-state index contributed by atoms with van der Waals surface area (Å²) in [4.78, 5) is 23.1. The molecular formula is C29H35N7O2. The van der Waals surface area contributed by atoms with Crippen LogP contribution < -0.4 is 9.64 Å². The summed E-state index contributed by atoms with van der Waals surface area (Å²) in [5.74, 6) is 0.467. The molecule has 2 saturated heterocycles. The molecule has 0 N–H and O–H groups in total. The second-order valence-electron chi connectivity index (χ2n) is 10.9. The van der Waals surface area contributed by atoms with Gasteiger partial charge in [-0.1, -0.05) is 18.7 Å². The number of likely N-dealkylation sites (tertiary alicyclic amines) is 1. The first-order valence-corrected chi connectivity index (χ1v) is 13.1. The Morgan fingerprint density at radius 2 is 2.08 bits per heavy atom. The van der Waals surface area contributed by atoms with Crippen LogP contribution in [0.3, 0.4) is 0 Å². The highest BCUT2D eigenvalue weighted by Gasteiger charge is 2.49. The first-order chi connectivity index (χ1) is 18.3. The van der Waals surface area contributed by atoms with E-state index in [1.54, 1.807) is 6.20 Å². The summed E-state index contributed by atoms with van der Waals surface area (Å²) in [6.45, 7) is 10.0. The van der Waals surface area contributed by atoms with Crippen molar-refractivity contribution >= 4 is 22.5 Å². The third-order valence-electron chi connectivity index (χ3n) is 7.79. The topological polar surface area (TPSA) is 90.5 Å². The van der Waals surface area contributed by atoms with E-state index in [2.05, 4.69) is 46.6 Å². The van der Waals surface area contributed by atoms with Crippen LogP contribution >= 0.6 is 0 Å². The van der Waals surface area contributed by atoms with Crippen molar-refractivity contribution in [2.75, 3.05) is 58.3 Å². The van der Waals surface area contributed by atoms with Crippen molar-refractivity contribution in [3.05, 3.63) is 48.3 Å². The van der Waals surface area contributed by atoms with Crippen LogP contribution in [0.1, 0.15) is 24.0 Å². The number of rotatable bonds is 8. The number of carbonyl (C=O) groups excluding carboxylic acids is 1. The van der Waals surface area contributed by atoms with Crippen LogP contribution in [0, 0.1) is 23.7 Å². The maximum atomic E-state index is 12.1. The van der Waals surface area contributed by atoms with Crippen molar-refractivity contribution in [3.8, 4) is 23.1 Å². The highest BCUT2D eigenvalue weighted by atomic mass is 16.5. The minimum atomic E-state index is -0.0277. The maximum absolute atomic E-state index is 12.1. The van der Waals surface area contributed by atoms with E-state index in [1.807, 2.05) is 36.9 Å². The number of anilines is 1. The molecule has 38 heavy (non-hydrogen) atoms. The number of ether oxygens (including phenoxy) is 1. The maximum Gasteiger partial charge on any atom is 0.245 e. The van der Waals surface area contributed by atoms with Crippen LogP contribution in [0.25, 0.3) is 22.0 Å². The van der Waals surface area contributed by atoms with Gasteiger partial charge in [-0.05, 0) is 45.5 Å². The lowest BCUT2D eigenvalue weighted by molar-refractivity contribution is -0.136. The van der Waals surface area contributed by atoms with E-state index in [9.17, 15) is 10.1 Å². The molecule has 0 unspecified atom stereocenters. The Labute approximate surface area is 223 Å². The molecule has 5 rings (SSSR count). The van der Waals surface area contributed by atoms with E-state index in [4.69, 9.17) is 9.72 Å². The lowest BCUT2D eigenvalue weighted by Crippen LogP contribution is -2.59.